The highest BCUT2D eigenvalue weighted by Crippen LogP contribution is 2.29. The van der Waals surface area contributed by atoms with Gasteiger partial charge in [-0.1, -0.05) is 11.6 Å². The molecule has 2 aromatic heterocycles. The highest BCUT2D eigenvalue weighted by Gasteiger charge is 2.25. The molecule has 0 saturated heterocycles. The van der Waals surface area contributed by atoms with Crippen LogP contribution in [-0.2, 0) is 14.1 Å². The van der Waals surface area contributed by atoms with Crippen LogP contribution in [0.3, 0.4) is 0 Å². The summed E-state index contributed by atoms with van der Waals surface area (Å²) >= 11 is 0. The van der Waals surface area contributed by atoms with Crippen LogP contribution in [0.4, 0.5) is 20.4 Å². The summed E-state index contributed by atoms with van der Waals surface area (Å²) in [6.07, 6.45) is 0.854. The molecule has 10 heteroatoms. The van der Waals surface area contributed by atoms with Crippen LogP contribution in [0.2, 0.25) is 0 Å². The predicted octanol–water partition coefficient (Wildman–Crippen LogP) is 2.70. The molecule has 0 fully saturated rings. The van der Waals surface area contributed by atoms with Gasteiger partial charge in [-0.3, -0.25) is 9.48 Å². The maximum absolute atomic E-state index is 13.8. The van der Waals surface area contributed by atoms with E-state index in [-0.39, 0.29) is 5.69 Å². The Morgan fingerprint density at radius 3 is 2.55 bits per heavy atom. The minimum Gasteiger partial charge on any atom is -0.335 e. The van der Waals surface area contributed by atoms with E-state index in [2.05, 4.69) is 32.4 Å². The van der Waals surface area contributed by atoms with Gasteiger partial charge in [0.25, 0.3) is 5.91 Å². The Morgan fingerprint density at radius 1 is 1.21 bits per heavy atom. The average molecular weight is 401 g/mol. The zero-order chi connectivity index (χ0) is 20.7. The molecule has 1 aliphatic heterocycles. The van der Waals surface area contributed by atoms with Crippen molar-refractivity contribution < 1.29 is 13.6 Å². The van der Waals surface area contributed by atoms with Crippen molar-refractivity contribution in [2.75, 3.05) is 23.3 Å². The minimum absolute atomic E-state index is 0.0846. The van der Waals surface area contributed by atoms with E-state index in [0.29, 0.717) is 6.54 Å². The molecule has 1 aromatic carbocycles. The van der Waals surface area contributed by atoms with Gasteiger partial charge in [-0.25, -0.2) is 18.7 Å². The van der Waals surface area contributed by atoms with Crippen LogP contribution in [0.25, 0.3) is 5.57 Å². The number of para-hydroxylation sites is 1. The fraction of sp³-hybridized carbons (Fsp3) is 0.316. The van der Waals surface area contributed by atoms with Gasteiger partial charge >= 0.3 is 0 Å². The number of aryl methyl sites for hydroxylation is 2. The summed E-state index contributed by atoms with van der Waals surface area (Å²) in [5.41, 5.74) is 2.62. The highest BCUT2D eigenvalue weighted by molar-refractivity contribution is 6.03. The summed E-state index contributed by atoms with van der Waals surface area (Å²) in [5.74, 6) is -1.55. The smallest absolute Gasteiger partial charge is 0.276 e. The van der Waals surface area contributed by atoms with E-state index < -0.39 is 23.2 Å². The van der Waals surface area contributed by atoms with Crippen LogP contribution < -0.4 is 10.2 Å². The largest absolute Gasteiger partial charge is 0.335 e. The minimum atomic E-state index is -0.838. The third kappa shape index (κ3) is 3.53. The molecule has 152 valence electrons. The van der Waals surface area contributed by atoms with Crippen molar-refractivity contribution in [2.24, 2.45) is 14.1 Å². The van der Waals surface area contributed by atoms with Gasteiger partial charge in [0.1, 0.15) is 17.3 Å². The molecule has 2 N–H and O–H groups in total. The second kappa shape index (κ2) is 7.19. The van der Waals surface area contributed by atoms with Crippen LogP contribution in [-0.4, -0.2) is 43.8 Å². The first-order valence-electron chi connectivity index (χ1n) is 9.16. The number of halogens is 2. The number of aromatic nitrogens is 5. The van der Waals surface area contributed by atoms with Crippen molar-refractivity contribution >= 4 is 23.1 Å². The number of amides is 1. The van der Waals surface area contributed by atoms with E-state index in [1.807, 2.05) is 7.05 Å². The lowest BCUT2D eigenvalue weighted by Gasteiger charge is -2.31. The van der Waals surface area contributed by atoms with E-state index >= 15 is 0 Å². The summed E-state index contributed by atoms with van der Waals surface area (Å²) in [6, 6.07) is 5.05. The average Bonchev–Trinajstić information content (AvgIpc) is 3.04. The molecule has 0 spiro atoms. The van der Waals surface area contributed by atoms with Crippen LogP contribution in [0.5, 0.6) is 0 Å². The van der Waals surface area contributed by atoms with Crippen molar-refractivity contribution in [3.05, 3.63) is 52.9 Å². The molecule has 0 bridgehead atoms. The molecule has 3 aromatic rings. The van der Waals surface area contributed by atoms with E-state index in [0.717, 1.165) is 42.3 Å². The van der Waals surface area contributed by atoms with Gasteiger partial charge in [0.2, 0.25) is 5.95 Å². The molecule has 0 unspecified atom stereocenters. The Bertz CT molecular complexity index is 1080. The van der Waals surface area contributed by atoms with Gasteiger partial charge in [-0.05, 0) is 37.1 Å². The van der Waals surface area contributed by atoms with E-state index in [9.17, 15) is 13.6 Å². The van der Waals surface area contributed by atoms with Gasteiger partial charge in [0.15, 0.2) is 5.69 Å². The first-order valence-corrected chi connectivity index (χ1v) is 9.16. The number of hydrogen-bond acceptors (Lipinski definition) is 4. The maximum atomic E-state index is 13.8. The number of aromatic amines is 1. The zero-order valence-corrected chi connectivity index (χ0v) is 16.3. The molecular formula is C19H21F2N7O. The molecule has 0 saturated carbocycles. The fourth-order valence-corrected chi connectivity index (χ4v) is 3.42. The first-order chi connectivity index (χ1) is 13.8. The Morgan fingerprint density at radius 2 is 1.90 bits per heavy atom. The van der Waals surface area contributed by atoms with Crippen molar-refractivity contribution in [2.45, 2.75) is 13.3 Å². The summed E-state index contributed by atoms with van der Waals surface area (Å²) in [7, 11) is 3.56. The Kier molecular flexibility index (Phi) is 4.69. The van der Waals surface area contributed by atoms with Crippen LogP contribution in [0, 0.1) is 11.6 Å². The highest BCUT2D eigenvalue weighted by atomic mass is 19.1. The number of carbonyl (C=O) groups excluding carboxylic acids is 1. The molecule has 29 heavy (non-hydrogen) atoms. The number of nitrogens with zero attached hydrogens (tertiary/aromatic N) is 5. The van der Waals surface area contributed by atoms with Crippen LogP contribution in [0.1, 0.15) is 29.5 Å². The number of nitrogens with one attached hydrogen (secondary N) is 2. The molecule has 0 aliphatic carbocycles. The fourth-order valence-electron chi connectivity index (χ4n) is 3.42. The maximum Gasteiger partial charge on any atom is 0.276 e. The van der Waals surface area contributed by atoms with Crippen molar-refractivity contribution in [3.8, 4) is 0 Å². The number of rotatable bonds is 4. The lowest BCUT2D eigenvalue weighted by atomic mass is 9.98. The van der Waals surface area contributed by atoms with Gasteiger partial charge < -0.3 is 10.2 Å². The lowest BCUT2D eigenvalue weighted by molar-refractivity contribution is 0.102. The summed E-state index contributed by atoms with van der Waals surface area (Å²) in [6.45, 7) is 3.51. The third-order valence-electron chi connectivity index (χ3n) is 5.05. The molecule has 8 nitrogen and oxygen atoms in total. The quantitative estimate of drug-likeness (QED) is 0.704. The summed E-state index contributed by atoms with van der Waals surface area (Å²) in [4.78, 5) is 16.3. The predicted molar refractivity (Wildman–Crippen MR) is 105 cm³/mol. The SMILES string of the molecule is CC1=C(c2cc(C(=O)Nc3c(F)cccc3F)nn2C)CN(c2nn(C)[nH]2)CC1. The number of carbonyl (C=O) groups is 1. The van der Waals surface area contributed by atoms with Crippen molar-refractivity contribution in [3.63, 3.8) is 0 Å². The van der Waals surface area contributed by atoms with Crippen LogP contribution in [0.15, 0.2) is 29.8 Å². The van der Waals surface area contributed by atoms with E-state index in [4.69, 9.17) is 0 Å². The van der Waals surface area contributed by atoms with Gasteiger partial charge in [-0.2, -0.15) is 5.10 Å². The molecule has 3 heterocycles. The molecular weight excluding hydrogens is 380 g/mol. The zero-order valence-electron chi connectivity index (χ0n) is 16.3. The first kappa shape index (κ1) is 18.9. The van der Waals surface area contributed by atoms with Crippen molar-refractivity contribution in [1.82, 2.24) is 24.8 Å². The monoisotopic (exact) mass is 401 g/mol. The van der Waals surface area contributed by atoms with E-state index in [1.54, 1.807) is 22.6 Å². The summed E-state index contributed by atoms with van der Waals surface area (Å²) < 4.78 is 29.3. The van der Waals surface area contributed by atoms with Gasteiger partial charge in [0.05, 0.1) is 5.69 Å². The number of benzene rings is 1. The van der Waals surface area contributed by atoms with Crippen molar-refractivity contribution in [1.29, 1.82) is 0 Å². The molecule has 0 atom stereocenters. The Hall–Kier alpha value is -3.43. The molecule has 1 amide bonds. The topological polar surface area (TPSA) is 83.8 Å². The number of H-pyrrole nitrogens is 1. The third-order valence-corrected chi connectivity index (χ3v) is 5.05. The number of hydrogen-bond donors (Lipinski definition) is 2. The van der Waals surface area contributed by atoms with E-state index in [1.165, 1.54) is 11.6 Å². The molecule has 0 radical (unpaired) electrons. The lowest BCUT2D eigenvalue weighted by Crippen LogP contribution is -2.35. The second-order valence-electron chi connectivity index (χ2n) is 7.08. The van der Waals surface area contributed by atoms with Crippen LogP contribution >= 0.6 is 0 Å². The molecule has 4 rings (SSSR count). The molecule has 1 aliphatic rings. The van der Waals surface area contributed by atoms with Gasteiger partial charge in [0, 0.05) is 27.2 Å². The Labute approximate surface area is 165 Å². The summed E-state index contributed by atoms with van der Waals surface area (Å²) in [5, 5.41) is 13.9. The second-order valence-corrected chi connectivity index (χ2v) is 7.08. The normalized spacial score (nSPS) is 14.6. The van der Waals surface area contributed by atoms with Gasteiger partial charge in [-0.15, -0.1) is 5.10 Å². The Balaban J connectivity index is 1.58. The standard InChI is InChI=1S/C19H21F2N7O/c1-11-7-8-28(19-24-27(3)25-19)10-12(11)16-9-15(23-26(16)2)18(29)22-17-13(20)5-4-6-14(17)21/h4-6,9H,7-8,10H2,1-3H3,(H,22,29)(H,24,25). The number of anilines is 2.